The van der Waals surface area contributed by atoms with Crippen molar-refractivity contribution in [3.05, 3.63) is 18.5 Å². The van der Waals surface area contributed by atoms with Crippen molar-refractivity contribution in [2.24, 2.45) is 5.73 Å². The Labute approximate surface area is 111 Å². The third kappa shape index (κ3) is 3.56. The van der Waals surface area contributed by atoms with Gasteiger partial charge in [-0.25, -0.2) is 0 Å². The van der Waals surface area contributed by atoms with E-state index in [0.29, 0.717) is 0 Å². The second kappa shape index (κ2) is 7.54. The molecule has 0 saturated carbocycles. The van der Waals surface area contributed by atoms with Crippen molar-refractivity contribution in [3.8, 4) is 0 Å². The van der Waals surface area contributed by atoms with E-state index in [0.717, 1.165) is 39.0 Å². The van der Waals surface area contributed by atoms with Crippen LogP contribution >= 0.6 is 0 Å². The van der Waals surface area contributed by atoms with E-state index in [9.17, 15) is 0 Å². The Kier molecular flexibility index (Phi) is 6.36. The second-order valence-corrected chi connectivity index (χ2v) is 4.89. The van der Waals surface area contributed by atoms with Gasteiger partial charge in [0.05, 0.1) is 6.54 Å². The molecule has 0 spiro atoms. The molecule has 18 heavy (non-hydrogen) atoms. The van der Waals surface area contributed by atoms with Gasteiger partial charge < -0.3 is 5.73 Å². The quantitative estimate of drug-likeness (QED) is 0.732. The van der Waals surface area contributed by atoms with Gasteiger partial charge in [-0.05, 0) is 31.9 Å². The molecule has 4 heteroatoms. The molecule has 1 heterocycles. The zero-order chi connectivity index (χ0) is 13.4. The normalized spacial score (nSPS) is 12.3. The summed E-state index contributed by atoms with van der Waals surface area (Å²) in [5.74, 6) is 0. The number of aromatic nitrogens is 2. The molecule has 0 radical (unpaired) electrons. The summed E-state index contributed by atoms with van der Waals surface area (Å²) in [4.78, 5) is 2.55. The zero-order valence-corrected chi connectivity index (χ0v) is 12.1. The predicted octanol–water partition coefficient (Wildman–Crippen LogP) is 2.11. The lowest BCUT2D eigenvalue weighted by molar-refractivity contribution is 0.0795. The van der Waals surface area contributed by atoms with Gasteiger partial charge >= 0.3 is 0 Å². The molecule has 0 aliphatic carbocycles. The van der Waals surface area contributed by atoms with Crippen LogP contribution in [-0.4, -0.2) is 39.9 Å². The van der Waals surface area contributed by atoms with Crippen LogP contribution in [0.25, 0.3) is 0 Å². The van der Waals surface area contributed by atoms with Gasteiger partial charge in [-0.15, -0.1) is 0 Å². The molecule has 1 aromatic heterocycles. The lowest BCUT2D eigenvalue weighted by atomic mass is 9.90. The summed E-state index contributed by atoms with van der Waals surface area (Å²) in [6, 6.07) is 1.97. The van der Waals surface area contributed by atoms with Gasteiger partial charge in [0.25, 0.3) is 0 Å². The van der Waals surface area contributed by atoms with E-state index in [1.807, 2.05) is 23.1 Å². The van der Waals surface area contributed by atoms with Crippen LogP contribution in [0.4, 0.5) is 0 Å². The highest BCUT2D eigenvalue weighted by Crippen LogP contribution is 2.23. The average molecular weight is 252 g/mol. The fourth-order valence-electron chi connectivity index (χ4n) is 2.63. The van der Waals surface area contributed by atoms with Crippen molar-refractivity contribution in [2.45, 2.75) is 52.1 Å². The Morgan fingerprint density at radius 1 is 1.22 bits per heavy atom. The Morgan fingerprint density at radius 2 is 1.94 bits per heavy atom. The largest absolute Gasteiger partial charge is 0.329 e. The highest BCUT2D eigenvalue weighted by Gasteiger charge is 2.31. The van der Waals surface area contributed by atoms with E-state index in [1.165, 1.54) is 6.42 Å². The first kappa shape index (κ1) is 15.2. The molecule has 0 aliphatic rings. The maximum absolute atomic E-state index is 6.04. The fourth-order valence-corrected chi connectivity index (χ4v) is 2.63. The van der Waals surface area contributed by atoms with Crippen molar-refractivity contribution in [1.82, 2.24) is 14.7 Å². The maximum Gasteiger partial charge on any atom is 0.0536 e. The zero-order valence-electron chi connectivity index (χ0n) is 12.1. The number of nitrogens with two attached hydrogens (primary N) is 1. The van der Waals surface area contributed by atoms with Crippen LogP contribution in [-0.2, 0) is 6.54 Å². The Bertz CT molecular complexity index is 295. The number of hydrogen-bond donors (Lipinski definition) is 1. The summed E-state index contributed by atoms with van der Waals surface area (Å²) < 4.78 is 2.00. The molecule has 1 rings (SSSR count). The van der Waals surface area contributed by atoms with Crippen molar-refractivity contribution < 1.29 is 0 Å². The smallest absolute Gasteiger partial charge is 0.0536 e. The summed E-state index contributed by atoms with van der Waals surface area (Å²) in [7, 11) is 0. The topological polar surface area (TPSA) is 47.1 Å². The van der Waals surface area contributed by atoms with Crippen LogP contribution in [0.1, 0.15) is 40.0 Å². The number of hydrogen-bond acceptors (Lipinski definition) is 3. The summed E-state index contributed by atoms with van der Waals surface area (Å²) in [6.45, 7) is 10.5. The lowest BCUT2D eigenvalue weighted by Crippen LogP contribution is -2.54. The van der Waals surface area contributed by atoms with Crippen molar-refractivity contribution in [2.75, 3.05) is 19.6 Å². The standard InChI is InChI=1S/C14H28N4/c1-4-9-17(14(5-2,6-3)13-15)11-12-18-10-7-8-16-18/h7-8,10H,4-6,9,11-13,15H2,1-3H3. The van der Waals surface area contributed by atoms with Gasteiger partial charge in [-0.1, -0.05) is 20.8 Å². The minimum atomic E-state index is 0.156. The monoisotopic (exact) mass is 252 g/mol. The summed E-state index contributed by atoms with van der Waals surface area (Å²) >= 11 is 0. The Balaban J connectivity index is 2.67. The van der Waals surface area contributed by atoms with Crippen molar-refractivity contribution >= 4 is 0 Å². The lowest BCUT2D eigenvalue weighted by Gasteiger charge is -2.42. The van der Waals surface area contributed by atoms with E-state index >= 15 is 0 Å². The summed E-state index contributed by atoms with van der Waals surface area (Å²) in [5, 5.41) is 4.27. The molecule has 4 nitrogen and oxygen atoms in total. The highest BCUT2D eigenvalue weighted by molar-refractivity contribution is 4.89. The van der Waals surface area contributed by atoms with Crippen LogP contribution in [0, 0.1) is 0 Å². The van der Waals surface area contributed by atoms with E-state index in [4.69, 9.17) is 5.73 Å². The molecule has 0 atom stereocenters. The molecule has 1 aromatic rings. The van der Waals surface area contributed by atoms with Crippen molar-refractivity contribution in [3.63, 3.8) is 0 Å². The molecule has 0 unspecified atom stereocenters. The second-order valence-electron chi connectivity index (χ2n) is 4.89. The van der Waals surface area contributed by atoms with E-state index in [1.54, 1.807) is 0 Å². The third-order valence-electron chi connectivity index (χ3n) is 4.02. The molecule has 0 amide bonds. The molecule has 104 valence electrons. The maximum atomic E-state index is 6.04. The molecule has 0 saturated heterocycles. The molecule has 2 N–H and O–H groups in total. The van der Waals surface area contributed by atoms with Gasteiger partial charge in [0, 0.05) is 31.0 Å². The van der Waals surface area contributed by atoms with Gasteiger partial charge in [0.2, 0.25) is 0 Å². The molecular weight excluding hydrogens is 224 g/mol. The van der Waals surface area contributed by atoms with E-state index < -0.39 is 0 Å². The average Bonchev–Trinajstić information content (AvgIpc) is 2.91. The molecule has 0 bridgehead atoms. The molecule has 0 aliphatic heterocycles. The van der Waals surface area contributed by atoms with E-state index in [-0.39, 0.29) is 5.54 Å². The molecular formula is C14H28N4. The van der Waals surface area contributed by atoms with Gasteiger partial charge in [-0.3, -0.25) is 9.58 Å². The summed E-state index contributed by atoms with van der Waals surface area (Å²) in [5.41, 5.74) is 6.20. The first-order valence-corrected chi connectivity index (χ1v) is 7.15. The Morgan fingerprint density at radius 3 is 2.39 bits per heavy atom. The van der Waals surface area contributed by atoms with Gasteiger partial charge in [0.1, 0.15) is 0 Å². The SMILES string of the molecule is CCCN(CCn1cccn1)C(CC)(CC)CN. The van der Waals surface area contributed by atoms with Gasteiger partial charge in [0.15, 0.2) is 0 Å². The van der Waals surface area contributed by atoms with E-state index in [2.05, 4.69) is 30.8 Å². The van der Waals surface area contributed by atoms with Crippen LogP contribution in [0.5, 0.6) is 0 Å². The number of rotatable bonds is 9. The highest BCUT2D eigenvalue weighted by atomic mass is 15.3. The Hall–Kier alpha value is -0.870. The van der Waals surface area contributed by atoms with Crippen LogP contribution in [0.2, 0.25) is 0 Å². The minimum Gasteiger partial charge on any atom is -0.329 e. The summed E-state index contributed by atoms with van der Waals surface area (Å²) in [6.07, 6.45) is 7.24. The molecule has 0 aromatic carbocycles. The third-order valence-corrected chi connectivity index (χ3v) is 4.02. The van der Waals surface area contributed by atoms with Gasteiger partial charge in [-0.2, -0.15) is 5.10 Å². The van der Waals surface area contributed by atoms with Crippen LogP contribution in [0.3, 0.4) is 0 Å². The first-order chi connectivity index (χ1) is 8.72. The molecule has 0 fully saturated rings. The minimum absolute atomic E-state index is 0.156. The van der Waals surface area contributed by atoms with Crippen LogP contribution < -0.4 is 5.73 Å². The fraction of sp³-hybridized carbons (Fsp3) is 0.786. The predicted molar refractivity (Wildman–Crippen MR) is 76.5 cm³/mol. The van der Waals surface area contributed by atoms with Crippen LogP contribution in [0.15, 0.2) is 18.5 Å². The first-order valence-electron chi connectivity index (χ1n) is 7.15. The number of nitrogens with zero attached hydrogens (tertiary/aromatic N) is 3. The van der Waals surface area contributed by atoms with Crippen molar-refractivity contribution in [1.29, 1.82) is 0 Å².